The van der Waals surface area contributed by atoms with Crippen LogP contribution in [0, 0.1) is 0 Å². The van der Waals surface area contributed by atoms with Crippen molar-refractivity contribution in [3.63, 3.8) is 0 Å². The standard InChI is InChI=1S/C13H16ClF3N4O/c14-11-8-18-7-10(20-11)12(22)19-9-1-4-21(5-2-9)6-3-13(15,16)17/h7-9H,1-6H2,(H,19,22). The highest BCUT2D eigenvalue weighted by Crippen LogP contribution is 2.21. The van der Waals surface area contributed by atoms with Gasteiger partial charge in [-0.2, -0.15) is 13.2 Å². The first-order valence-electron chi connectivity index (χ1n) is 6.91. The van der Waals surface area contributed by atoms with Crippen LogP contribution in [0.4, 0.5) is 13.2 Å². The minimum Gasteiger partial charge on any atom is -0.348 e. The molecule has 1 aliphatic heterocycles. The number of hydrogen-bond acceptors (Lipinski definition) is 4. The molecule has 1 amide bonds. The largest absolute Gasteiger partial charge is 0.390 e. The Morgan fingerprint density at radius 1 is 1.36 bits per heavy atom. The average molecular weight is 337 g/mol. The van der Waals surface area contributed by atoms with Gasteiger partial charge in [0.1, 0.15) is 10.8 Å². The predicted octanol–water partition coefficient (Wildman–Crippen LogP) is 2.28. The van der Waals surface area contributed by atoms with Crippen LogP contribution >= 0.6 is 11.6 Å². The molecule has 0 spiro atoms. The smallest absolute Gasteiger partial charge is 0.348 e. The van der Waals surface area contributed by atoms with Crippen molar-refractivity contribution in [2.24, 2.45) is 0 Å². The zero-order valence-electron chi connectivity index (χ0n) is 11.7. The SMILES string of the molecule is O=C(NC1CCN(CCC(F)(F)F)CC1)c1cncc(Cl)n1. The average Bonchev–Trinajstić information content (AvgIpc) is 2.46. The van der Waals surface area contributed by atoms with Crippen LogP contribution in [0.5, 0.6) is 0 Å². The molecule has 0 aromatic carbocycles. The third kappa shape index (κ3) is 5.42. The Morgan fingerprint density at radius 2 is 2.05 bits per heavy atom. The maximum atomic E-state index is 12.2. The number of piperidine rings is 1. The normalized spacial score (nSPS) is 17.5. The van der Waals surface area contributed by atoms with Crippen molar-refractivity contribution in [2.45, 2.75) is 31.5 Å². The molecule has 0 saturated carbocycles. The van der Waals surface area contributed by atoms with Crippen LogP contribution in [0.25, 0.3) is 0 Å². The number of nitrogens with zero attached hydrogens (tertiary/aromatic N) is 3. The summed E-state index contributed by atoms with van der Waals surface area (Å²) in [6, 6.07) is -0.0737. The quantitative estimate of drug-likeness (QED) is 0.916. The Labute approximate surface area is 130 Å². The summed E-state index contributed by atoms with van der Waals surface area (Å²) in [6.45, 7) is 1.06. The molecular weight excluding hydrogens is 321 g/mol. The summed E-state index contributed by atoms with van der Waals surface area (Å²) < 4.78 is 36.5. The number of halogens is 4. The number of carbonyl (C=O) groups excluding carboxylic acids is 1. The summed E-state index contributed by atoms with van der Waals surface area (Å²) in [4.78, 5) is 21.4. The van der Waals surface area contributed by atoms with Gasteiger partial charge in [0.2, 0.25) is 0 Å². The molecule has 1 fully saturated rings. The van der Waals surface area contributed by atoms with E-state index >= 15 is 0 Å². The van der Waals surface area contributed by atoms with Crippen molar-refractivity contribution in [1.82, 2.24) is 20.2 Å². The predicted molar refractivity (Wildman–Crippen MR) is 74.6 cm³/mol. The number of amides is 1. The lowest BCUT2D eigenvalue weighted by Gasteiger charge is -2.32. The number of carbonyl (C=O) groups is 1. The van der Waals surface area contributed by atoms with E-state index in [0.29, 0.717) is 25.9 Å². The first-order chi connectivity index (χ1) is 10.3. The second kappa shape index (κ2) is 7.23. The van der Waals surface area contributed by atoms with Crippen LogP contribution in [-0.2, 0) is 0 Å². The molecule has 1 N–H and O–H groups in total. The van der Waals surface area contributed by atoms with E-state index in [1.54, 1.807) is 4.90 Å². The summed E-state index contributed by atoms with van der Waals surface area (Å²) in [7, 11) is 0. The van der Waals surface area contributed by atoms with E-state index in [1.807, 2.05) is 0 Å². The van der Waals surface area contributed by atoms with Gasteiger partial charge in [0, 0.05) is 25.7 Å². The fourth-order valence-corrected chi connectivity index (χ4v) is 2.44. The van der Waals surface area contributed by atoms with Crippen LogP contribution in [0.15, 0.2) is 12.4 Å². The molecule has 122 valence electrons. The Balaban J connectivity index is 1.76. The van der Waals surface area contributed by atoms with Gasteiger partial charge in [0.25, 0.3) is 5.91 Å². The van der Waals surface area contributed by atoms with Crippen LogP contribution < -0.4 is 5.32 Å². The number of nitrogens with one attached hydrogen (secondary N) is 1. The van der Waals surface area contributed by atoms with Gasteiger partial charge < -0.3 is 10.2 Å². The molecule has 0 radical (unpaired) electrons. The van der Waals surface area contributed by atoms with E-state index in [4.69, 9.17) is 11.6 Å². The molecule has 0 aliphatic carbocycles. The maximum absolute atomic E-state index is 12.2. The van der Waals surface area contributed by atoms with Gasteiger partial charge in [-0.15, -0.1) is 0 Å². The molecule has 1 aromatic rings. The van der Waals surface area contributed by atoms with Crippen molar-refractivity contribution in [3.05, 3.63) is 23.2 Å². The molecule has 1 aromatic heterocycles. The minimum atomic E-state index is -4.13. The topological polar surface area (TPSA) is 58.1 Å². The van der Waals surface area contributed by atoms with E-state index in [9.17, 15) is 18.0 Å². The maximum Gasteiger partial charge on any atom is 0.390 e. The lowest BCUT2D eigenvalue weighted by molar-refractivity contribution is -0.138. The van der Waals surface area contributed by atoms with Crippen LogP contribution in [0.3, 0.4) is 0 Å². The summed E-state index contributed by atoms with van der Waals surface area (Å²) >= 11 is 5.67. The van der Waals surface area contributed by atoms with Gasteiger partial charge in [-0.25, -0.2) is 4.98 Å². The highest BCUT2D eigenvalue weighted by molar-refractivity contribution is 6.29. The Hall–Kier alpha value is -1.41. The van der Waals surface area contributed by atoms with E-state index in [2.05, 4.69) is 15.3 Å². The van der Waals surface area contributed by atoms with Gasteiger partial charge in [-0.05, 0) is 12.8 Å². The molecule has 2 heterocycles. The zero-order chi connectivity index (χ0) is 16.2. The van der Waals surface area contributed by atoms with Gasteiger partial charge in [-0.1, -0.05) is 11.6 Å². The van der Waals surface area contributed by atoms with Gasteiger partial charge in [0.15, 0.2) is 0 Å². The van der Waals surface area contributed by atoms with Crippen LogP contribution in [0.2, 0.25) is 5.15 Å². The summed E-state index contributed by atoms with van der Waals surface area (Å²) in [5, 5.41) is 2.94. The lowest BCUT2D eigenvalue weighted by Crippen LogP contribution is -2.45. The Morgan fingerprint density at radius 3 is 2.64 bits per heavy atom. The number of likely N-dealkylation sites (tertiary alicyclic amines) is 1. The van der Waals surface area contributed by atoms with Crippen molar-refractivity contribution in [3.8, 4) is 0 Å². The number of hydrogen-bond donors (Lipinski definition) is 1. The third-order valence-electron chi connectivity index (χ3n) is 3.47. The molecule has 0 bridgehead atoms. The fourth-order valence-electron chi connectivity index (χ4n) is 2.30. The van der Waals surface area contributed by atoms with E-state index < -0.39 is 12.6 Å². The lowest BCUT2D eigenvalue weighted by atomic mass is 10.0. The second-order valence-electron chi connectivity index (χ2n) is 5.18. The molecule has 2 rings (SSSR count). The molecule has 0 atom stereocenters. The molecular formula is C13H16ClF3N4O. The highest BCUT2D eigenvalue weighted by atomic mass is 35.5. The Kier molecular flexibility index (Phi) is 5.57. The fraction of sp³-hybridized carbons (Fsp3) is 0.615. The van der Waals surface area contributed by atoms with E-state index in [-0.39, 0.29) is 29.3 Å². The van der Waals surface area contributed by atoms with Crippen LogP contribution in [0.1, 0.15) is 29.8 Å². The summed E-state index contributed by atoms with van der Waals surface area (Å²) in [5.41, 5.74) is 0.131. The highest BCUT2D eigenvalue weighted by Gasteiger charge is 2.29. The monoisotopic (exact) mass is 336 g/mol. The van der Waals surface area contributed by atoms with Crippen molar-refractivity contribution in [2.75, 3.05) is 19.6 Å². The number of alkyl halides is 3. The molecule has 0 unspecified atom stereocenters. The summed E-state index contributed by atoms with van der Waals surface area (Å²) in [6.07, 6.45) is -1.06. The summed E-state index contributed by atoms with van der Waals surface area (Å²) in [5.74, 6) is -0.372. The minimum absolute atomic E-state index is 0.00390. The number of rotatable bonds is 4. The van der Waals surface area contributed by atoms with E-state index in [1.165, 1.54) is 12.4 Å². The van der Waals surface area contributed by atoms with E-state index in [0.717, 1.165) is 0 Å². The first kappa shape index (κ1) is 17.0. The van der Waals surface area contributed by atoms with Gasteiger partial charge in [-0.3, -0.25) is 9.78 Å². The molecule has 5 nitrogen and oxygen atoms in total. The molecule has 22 heavy (non-hydrogen) atoms. The number of aromatic nitrogens is 2. The molecule has 1 aliphatic rings. The third-order valence-corrected chi connectivity index (χ3v) is 3.65. The molecule has 9 heteroatoms. The van der Waals surface area contributed by atoms with Crippen molar-refractivity contribution in [1.29, 1.82) is 0 Å². The van der Waals surface area contributed by atoms with Crippen molar-refractivity contribution < 1.29 is 18.0 Å². The second-order valence-corrected chi connectivity index (χ2v) is 5.57. The van der Waals surface area contributed by atoms with Gasteiger partial charge >= 0.3 is 6.18 Å². The Bertz CT molecular complexity index is 518. The molecule has 1 saturated heterocycles. The zero-order valence-corrected chi connectivity index (χ0v) is 12.5. The first-order valence-corrected chi connectivity index (χ1v) is 7.29. The van der Waals surface area contributed by atoms with Gasteiger partial charge in [0.05, 0.1) is 18.8 Å². The van der Waals surface area contributed by atoms with Crippen molar-refractivity contribution >= 4 is 17.5 Å². The van der Waals surface area contributed by atoms with Crippen LogP contribution in [-0.4, -0.2) is 52.6 Å².